The van der Waals surface area contributed by atoms with E-state index in [4.69, 9.17) is 0 Å². The van der Waals surface area contributed by atoms with E-state index in [2.05, 4.69) is 36.9 Å². The molecule has 24 heavy (non-hydrogen) atoms. The molecule has 1 saturated carbocycles. The maximum absolute atomic E-state index is 13.2. The van der Waals surface area contributed by atoms with Gasteiger partial charge in [0.05, 0.1) is 4.47 Å². The number of carbonyl (C=O) groups is 1. The molecule has 0 spiro atoms. The van der Waals surface area contributed by atoms with Gasteiger partial charge in [0, 0.05) is 32.1 Å². The van der Waals surface area contributed by atoms with Crippen molar-refractivity contribution in [3.8, 4) is 0 Å². The highest BCUT2D eigenvalue weighted by molar-refractivity contribution is 9.10. The zero-order chi connectivity index (χ0) is 17.4. The van der Waals surface area contributed by atoms with Crippen LogP contribution in [0.5, 0.6) is 0 Å². The van der Waals surface area contributed by atoms with Crippen LogP contribution >= 0.6 is 15.9 Å². The maximum Gasteiger partial charge on any atom is 0.223 e. The fourth-order valence-electron chi connectivity index (χ4n) is 2.19. The van der Waals surface area contributed by atoms with E-state index < -0.39 is 0 Å². The van der Waals surface area contributed by atoms with Gasteiger partial charge in [-0.1, -0.05) is 6.07 Å². The van der Waals surface area contributed by atoms with Crippen molar-refractivity contribution in [3.05, 3.63) is 34.1 Å². The number of nitrogens with one attached hydrogen (secondary N) is 3. The largest absolute Gasteiger partial charge is 0.357 e. The van der Waals surface area contributed by atoms with E-state index in [1.165, 1.54) is 6.07 Å². The van der Waals surface area contributed by atoms with Gasteiger partial charge in [0.25, 0.3) is 0 Å². The third kappa shape index (κ3) is 6.47. The van der Waals surface area contributed by atoms with Crippen LogP contribution in [0.1, 0.15) is 25.3 Å². The van der Waals surface area contributed by atoms with E-state index in [9.17, 15) is 9.18 Å². The summed E-state index contributed by atoms with van der Waals surface area (Å²) >= 11 is 3.19. The smallest absolute Gasteiger partial charge is 0.223 e. The fourth-order valence-corrected chi connectivity index (χ4v) is 2.62. The van der Waals surface area contributed by atoms with Gasteiger partial charge in [-0.05, 0) is 59.8 Å². The summed E-state index contributed by atoms with van der Waals surface area (Å²) < 4.78 is 13.7. The van der Waals surface area contributed by atoms with Crippen molar-refractivity contribution in [3.63, 3.8) is 0 Å². The topological polar surface area (TPSA) is 65.5 Å². The van der Waals surface area contributed by atoms with Crippen molar-refractivity contribution in [2.45, 2.75) is 26.2 Å². The molecule has 3 N–H and O–H groups in total. The van der Waals surface area contributed by atoms with Crippen LogP contribution in [0, 0.1) is 11.7 Å². The van der Waals surface area contributed by atoms with E-state index in [1.807, 2.05) is 6.92 Å². The zero-order valence-corrected chi connectivity index (χ0v) is 15.5. The Morgan fingerprint density at radius 1 is 1.29 bits per heavy atom. The SMILES string of the molecule is CCNC(=NCCc1ccc(F)c(Br)c1)NCCNC(=O)C1CC1. The van der Waals surface area contributed by atoms with Crippen LogP contribution in [0.25, 0.3) is 0 Å². The van der Waals surface area contributed by atoms with Crippen molar-refractivity contribution >= 4 is 27.8 Å². The third-order valence-electron chi connectivity index (χ3n) is 3.66. The summed E-state index contributed by atoms with van der Waals surface area (Å²) in [6.45, 7) is 4.59. The molecule has 0 radical (unpaired) electrons. The molecule has 5 nitrogen and oxygen atoms in total. The van der Waals surface area contributed by atoms with E-state index in [1.54, 1.807) is 12.1 Å². The van der Waals surface area contributed by atoms with Gasteiger partial charge in [-0.15, -0.1) is 0 Å². The first-order chi connectivity index (χ1) is 11.6. The molecule has 1 amide bonds. The van der Waals surface area contributed by atoms with Crippen molar-refractivity contribution in [1.29, 1.82) is 0 Å². The molecule has 7 heteroatoms. The average Bonchev–Trinajstić information content (AvgIpc) is 3.39. The van der Waals surface area contributed by atoms with Gasteiger partial charge in [-0.2, -0.15) is 0 Å². The number of aliphatic imine (C=N–C) groups is 1. The molecule has 132 valence electrons. The number of nitrogens with zero attached hydrogens (tertiary/aromatic N) is 1. The number of amides is 1. The first-order valence-electron chi connectivity index (χ1n) is 8.34. The molecule has 0 bridgehead atoms. The van der Waals surface area contributed by atoms with Gasteiger partial charge < -0.3 is 16.0 Å². The van der Waals surface area contributed by atoms with Crippen molar-refractivity contribution < 1.29 is 9.18 Å². The first kappa shape index (κ1) is 18.7. The normalized spacial score (nSPS) is 14.4. The van der Waals surface area contributed by atoms with Crippen LogP contribution < -0.4 is 16.0 Å². The Labute approximate surface area is 150 Å². The molecule has 1 aliphatic rings. The van der Waals surface area contributed by atoms with Gasteiger partial charge in [0.1, 0.15) is 5.82 Å². The molecule has 0 aromatic heterocycles. The highest BCUT2D eigenvalue weighted by atomic mass is 79.9. The predicted octanol–water partition coefficient (Wildman–Crippen LogP) is 2.21. The lowest BCUT2D eigenvalue weighted by Gasteiger charge is -2.12. The van der Waals surface area contributed by atoms with Crippen LogP contribution in [-0.4, -0.2) is 38.0 Å². The van der Waals surface area contributed by atoms with Gasteiger partial charge in [0.15, 0.2) is 5.96 Å². The van der Waals surface area contributed by atoms with Crippen LogP contribution in [0.15, 0.2) is 27.7 Å². The van der Waals surface area contributed by atoms with Crippen LogP contribution in [-0.2, 0) is 11.2 Å². The summed E-state index contributed by atoms with van der Waals surface area (Å²) in [5, 5.41) is 9.28. The minimum atomic E-state index is -0.259. The Morgan fingerprint density at radius 2 is 2.04 bits per heavy atom. The summed E-state index contributed by atoms with van der Waals surface area (Å²) in [6, 6.07) is 5.00. The molecular formula is C17H24BrFN4O. The van der Waals surface area contributed by atoms with Gasteiger partial charge >= 0.3 is 0 Å². The lowest BCUT2D eigenvalue weighted by Crippen LogP contribution is -2.41. The van der Waals surface area contributed by atoms with Crippen LogP contribution in [0.4, 0.5) is 4.39 Å². The minimum Gasteiger partial charge on any atom is -0.357 e. The molecule has 1 fully saturated rings. The molecule has 2 rings (SSSR count). The highest BCUT2D eigenvalue weighted by Gasteiger charge is 2.28. The Bertz CT molecular complexity index is 590. The average molecular weight is 399 g/mol. The fraction of sp³-hybridized carbons (Fsp3) is 0.529. The number of benzene rings is 1. The Balaban J connectivity index is 1.72. The van der Waals surface area contributed by atoms with E-state index in [-0.39, 0.29) is 17.6 Å². The lowest BCUT2D eigenvalue weighted by molar-refractivity contribution is -0.122. The van der Waals surface area contributed by atoms with Gasteiger partial charge in [-0.25, -0.2) is 4.39 Å². The molecule has 0 atom stereocenters. The monoisotopic (exact) mass is 398 g/mol. The molecular weight excluding hydrogens is 375 g/mol. The predicted molar refractivity (Wildman–Crippen MR) is 97.5 cm³/mol. The summed E-state index contributed by atoms with van der Waals surface area (Å²) in [5.74, 6) is 0.854. The highest BCUT2D eigenvalue weighted by Crippen LogP contribution is 2.28. The minimum absolute atomic E-state index is 0.153. The number of guanidine groups is 1. The Kier molecular flexibility index (Phi) is 7.49. The number of hydrogen-bond acceptors (Lipinski definition) is 2. The Morgan fingerprint density at radius 3 is 2.71 bits per heavy atom. The zero-order valence-electron chi connectivity index (χ0n) is 13.9. The third-order valence-corrected chi connectivity index (χ3v) is 4.27. The molecule has 0 unspecified atom stereocenters. The molecule has 0 heterocycles. The van der Waals surface area contributed by atoms with E-state index >= 15 is 0 Å². The second-order valence-corrected chi connectivity index (χ2v) is 6.61. The first-order valence-corrected chi connectivity index (χ1v) is 9.13. The van der Waals surface area contributed by atoms with Crippen LogP contribution in [0.3, 0.4) is 0 Å². The van der Waals surface area contributed by atoms with Crippen molar-refractivity contribution in [2.24, 2.45) is 10.9 Å². The molecule has 1 aromatic carbocycles. The summed E-state index contributed by atoms with van der Waals surface area (Å²) in [7, 11) is 0. The van der Waals surface area contributed by atoms with Crippen molar-refractivity contribution in [2.75, 3.05) is 26.2 Å². The molecule has 1 aromatic rings. The number of hydrogen-bond donors (Lipinski definition) is 3. The molecule has 1 aliphatic carbocycles. The van der Waals surface area contributed by atoms with Crippen LogP contribution in [0.2, 0.25) is 0 Å². The Hall–Kier alpha value is -1.63. The van der Waals surface area contributed by atoms with Crippen molar-refractivity contribution in [1.82, 2.24) is 16.0 Å². The van der Waals surface area contributed by atoms with E-state index in [0.717, 1.165) is 37.3 Å². The summed E-state index contributed by atoms with van der Waals surface area (Å²) in [4.78, 5) is 16.0. The van der Waals surface area contributed by atoms with E-state index in [0.29, 0.717) is 24.1 Å². The quantitative estimate of drug-likeness (QED) is 0.357. The molecule has 0 saturated heterocycles. The number of rotatable bonds is 8. The van der Waals surface area contributed by atoms with Gasteiger partial charge in [-0.3, -0.25) is 9.79 Å². The number of carbonyl (C=O) groups excluding carboxylic acids is 1. The lowest BCUT2D eigenvalue weighted by atomic mass is 10.1. The second kappa shape index (κ2) is 9.61. The maximum atomic E-state index is 13.2. The second-order valence-electron chi connectivity index (χ2n) is 5.75. The standard InChI is InChI=1S/C17H24BrFN4O/c1-2-20-17(23-10-9-21-16(24)13-4-5-13)22-8-7-12-3-6-15(19)14(18)11-12/h3,6,11,13H,2,4-5,7-10H2,1H3,(H,21,24)(H2,20,22,23). The van der Waals surface area contributed by atoms with Gasteiger partial charge in [0.2, 0.25) is 5.91 Å². The molecule has 0 aliphatic heterocycles. The summed E-state index contributed by atoms with van der Waals surface area (Å²) in [5.41, 5.74) is 1.03. The number of halogens is 2. The summed E-state index contributed by atoms with van der Waals surface area (Å²) in [6.07, 6.45) is 2.76.